The van der Waals surface area contributed by atoms with Gasteiger partial charge in [-0.05, 0) is 17.5 Å². The SMILES string of the molecule is CCS(=N)(CC(C)c1ccc(Cl)nc1)=N[N+](=O)[O-]. The molecule has 0 radical (unpaired) electrons. The topological polar surface area (TPSA) is 92.2 Å². The van der Waals surface area contributed by atoms with Crippen molar-refractivity contribution in [2.24, 2.45) is 4.47 Å². The molecule has 0 saturated carbocycles. The van der Waals surface area contributed by atoms with E-state index in [-0.39, 0.29) is 5.92 Å². The second-order valence-electron chi connectivity index (χ2n) is 3.93. The normalized spacial score (nSPS) is 15.7. The highest BCUT2D eigenvalue weighted by Crippen LogP contribution is 2.19. The largest absolute Gasteiger partial charge is 0.265 e. The molecule has 0 saturated heterocycles. The molecule has 2 atom stereocenters. The van der Waals surface area contributed by atoms with E-state index in [1.165, 1.54) is 0 Å². The molecule has 0 aliphatic rings. The summed E-state index contributed by atoms with van der Waals surface area (Å²) in [7, 11) is -2.32. The second kappa shape index (κ2) is 6.10. The Morgan fingerprint density at radius 2 is 2.33 bits per heavy atom. The van der Waals surface area contributed by atoms with Crippen LogP contribution < -0.4 is 0 Å². The first-order valence-corrected chi connectivity index (χ1v) is 7.69. The number of nitrogens with one attached hydrogen (secondary N) is 1. The van der Waals surface area contributed by atoms with Gasteiger partial charge in [0.05, 0.1) is 4.47 Å². The van der Waals surface area contributed by atoms with E-state index < -0.39 is 14.7 Å². The fourth-order valence-corrected chi connectivity index (χ4v) is 3.33. The summed E-state index contributed by atoms with van der Waals surface area (Å²) in [5.74, 6) is 0.721. The molecule has 1 heterocycles. The summed E-state index contributed by atoms with van der Waals surface area (Å²) < 4.78 is 11.4. The van der Waals surface area contributed by atoms with Crippen molar-refractivity contribution >= 4 is 21.2 Å². The molecule has 0 amide bonds. The van der Waals surface area contributed by atoms with E-state index in [4.69, 9.17) is 16.4 Å². The average molecular weight is 291 g/mol. The van der Waals surface area contributed by atoms with Crippen molar-refractivity contribution < 1.29 is 5.03 Å². The van der Waals surface area contributed by atoms with E-state index >= 15 is 0 Å². The highest BCUT2D eigenvalue weighted by molar-refractivity contribution is 7.94. The van der Waals surface area contributed by atoms with Crippen LogP contribution in [0.3, 0.4) is 0 Å². The fourth-order valence-electron chi connectivity index (χ4n) is 1.53. The lowest BCUT2D eigenvalue weighted by Gasteiger charge is -2.14. The minimum Gasteiger partial charge on any atom is -0.265 e. The number of hydrogen-bond donors (Lipinski definition) is 1. The van der Waals surface area contributed by atoms with E-state index in [2.05, 4.69) is 9.46 Å². The molecule has 100 valence electrons. The Morgan fingerprint density at radius 1 is 1.67 bits per heavy atom. The summed E-state index contributed by atoms with van der Waals surface area (Å²) in [4.78, 5) is 14.4. The van der Waals surface area contributed by atoms with Gasteiger partial charge in [0.2, 0.25) is 0 Å². The minimum atomic E-state index is -2.32. The van der Waals surface area contributed by atoms with Crippen LogP contribution in [0.15, 0.2) is 22.8 Å². The summed E-state index contributed by atoms with van der Waals surface area (Å²) >= 11 is 5.69. The smallest absolute Gasteiger partial charge is 0.198 e. The molecule has 0 aromatic carbocycles. The van der Waals surface area contributed by atoms with E-state index in [9.17, 15) is 10.1 Å². The Kier molecular flexibility index (Phi) is 5.03. The Bertz CT molecular complexity index is 537. The van der Waals surface area contributed by atoms with Gasteiger partial charge >= 0.3 is 0 Å². The summed E-state index contributed by atoms with van der Waals surface area (Å²) in [6.07, 6.45) is 1.63. The van der Waals surface area contributed by atoms with Crippen LogP contribution in [0.5, 0.6) is 0 Å². The zero-order chi connectivity index (χ0) is 13.8. The van der Waals surface area contributed by atoms with Crippen LogP contribution in [-0.2, 0) is 9.62 Å². The number of nitro groups is 1. The van der Waals surface area contributed by atoms with Crippen LogP contribution in [0.2, 0.25) is 5.15 Å². The molecule has 8 heteroatoms. The third-order valence-electron chi connectivity index (χ3n) is 2.55. The fraction of sp³-hybridized carbons (Fsp3) is 0.500. The number of rotatable bonds is 5. The molecule has 1 aromatic heterocycles. The zero-order valence-electron chi connectivity index (χ0n) is 10.2. The molecule has 6 nitrogen and oxygen atoms in total. The van der Waals surface area contributed by atoms with Gasteiger partial charge in [-0.15, -0.1) is 0 Å². The number of hydrogen-bond acceptors (Lipinski definition) is 4. The second-order valence-corrected chi connectivity index (χ2v) is 7.08. The predicted octanol–water partition coefficient (Wildman–Crippen LogP) is 3.15. The van der Waals surface area contributed by atoms with Gasteiger partial charge < -0.3 is 0 Å². The zero-order valence-corrected chi connectivity index (χ0v) is 11.7. The van der Waals surface area contributed by atoms with Gasteiger partial charge in [0.1, 0.15) is 5.15 Å². The maximum atomic E-state index is 10.4. The summed E-state index contributed by atoms with van der Waals surface area (Å²) in [5, 5.41) is 10.1. The monoisotopic (exact) mass is 290 g/mol. The Hall–Kier alpha value is -1.21. The van der Waals surface area contributed by atoms with Crippen LogP contribution in [0, 0.1) is 14.9 Å². The first kappa shape index (κ1) is 14.8. The number of aromatic nitrogens is 1. The lowest BCUT2D eigenvalue weighted by molar-refractivity contribution is -0.481. The van der Waals surface area contributed by atoms with Gasteiger partial charge in [-0.3, -0.25) is 4.78 Å². The summed E-state index contributed by atoms with van der Waals surface area (Å²) in [5.41, 5.74) is 0.913. The molecule has 0 spiro atoms. The van der Waals surface area contributed by atoms with Crippen molar-refractivity contribution in [2.45, 2.75) is 19.8 Å². The first-order valence-electron chi connectivity index (χ1n) is 5.38. The van der Waals surface area contributed by atoms with Crippen molar-refractivity contribution in [3.8, 4) is 0 Å². The predicted molar refractivity (Wildman–Crippen MR) is 72.6 cm³/mol. The van der Waals surface area contributed by atoms with E-state index in [0.717, 1.165) is 5.56 Å². The number of nitrogens with zero attached hydrogens (tertiary/aromatic N) is 3. The molecule has 0 aliphatic carbocycles. The molecule has 0 fully saturated rings. The van der Waals surface area contributed by atoms with Crippen LogP contribution in [0.4, 0.5) is 0 Å². The Morgan fingerprint density at radius 3 is 2.78 bits per heavy atom. The standard InChI is InChI=1S/C10H15ClN4O2S/c1-3-18(12,14-15(16)17)7-8(2)9-4-5-10(11)13-6-9/h4-6,8,12H,3,7H2,1-2H3. The number of pyridine rings is 1. The minimum absolute atomic E-state index is 0.00841. The molecule has 18 heavy (non-hydrogen) atoms. The molecule has 2 unspecified atom stereocenters. The van der Waals surface area contributed by atoms with Crippen molar-refractivity contribution in [1.82, 2.24) is 4.98 Å². The van der Waals surface area contributed by atoms with Gasteiger partial charge in [-0.25, -0.2) is 15.1 Å². The van der Waals surface area contributed by atoms with Crippen molar-refractivity contribution in [1.29, 1.82) is 4.78 Å². The van der Waals surface area contributed by atoms with Gasteiger partial charge in [-0.2, -0.15) is 0 Å². The van der Waals surface area contributed by atoms with Crippen molar-refractivity contribution in [2.75, 3.05) is 11.5 Å². The van der Waals surface area contributed by atoms with Crippen LogP contribution in [0.1, 0.15) is 25.3 Å². The van der Waals surface area contributed by atoms with Crippen LogP contribution >= 0.6 is 11.6 Å². The molecule has 1 N–H and O–H groups in total. The van der Waals surface area contributed by atoms with E-state index in [0.29, 0.717) is 16.7 Å². The quantitative estimate of drug-likeness (QED) is 0.513. The van der Waals surface area contributed by atoms with Gasteiger partial charge in [0, 0.05) is 27.3 Å². The van der Waals surface area contributed by atoms with E-state index in [1.807, 2.05) is 13.0 Å². The van der Waals surface area contributed by atoms with Crippen molar-refractivity contribution in [3.05, 3.63) is 39.2 Å². The summed E-state index contributed by atoms with van der Waals surface area (Å²) in [6, 6.07) is 3.49. The molecular weight excluding hydrogens is 276 g/mol. The molecule has 0 aliphatic heterocycles. The summed E-state index contributed by atoms with van der Waals surface area (Å²) in [6.45, 7) is 3.66. The highest BCUT2D eigenvalue weighted by atomic mass is 35.5. The Labute approximate surface area is 111 Å². The van der Waals surface area contributed by atoms with Gasteiger partial charge in [0.25, 0.3) is 0 Å². The van der Waals surface area contributed by atoms with Crippen molar-refractivity contribution in [3.63, 3.8) is 0 Å². The molecule has 1 rings (SSSR count). The number of halogens is 1. The third kappa shape index (κ3) is 4.23. The maximum Gasteiger partial charge on any atom is 0.198 e. The molecule has 1 aromatic rings. The van der Waals surface area contributed by atoms with Gasteiger partial charge in [-0.1, -0.05) is 31.5 Å². The van der Waals surface area contributed by atoms with Crippen LogP contribution in [-0.4, -0.2) is 21.5 Å². The maximum absolute atomic E-state index is 10.4. The molecule has 0 bridgehead atoms. The molecular formula is C10H15ClN4O2S. The van der Waals surface area contributed by atoms with Crippen LogP contribution in [0.25, 0.3) is 0 Å². The first-order chi connectivity index (χ1) is 8.36. The third-order valence-corrected chi connectivity index (χ3v) is 5.22. The van der Waals surface area contributed by atoms with Gasteiger partial charge in [0.15, 0.2) is 5.03 Å². The lowest BCUT2D eigenvalue weighted by Crippen LogP contribution is -2.15. The highest BCUT2D eigenvalue weighted by Gasteiger charge is 2.15. The Balaban J connectivity index is 2.93. The van der Waals surface area contributed by atoms with E-state index in [1.54, 1.807) is 19.2 Å². The lowest BCUT2D eigenvalue weighted by atomic mass is 10.1. The average Bonchev–Trinajstić information content (AvgIpc) is 2.28.